The summed E-state index contributed by atoms with van der Waals surface area (Å²) in [6.45, 7) is 3.48. The zero-order valence-electron chi connectivity index (χ0n) is 14.2. The van der Waals surface area contributed by atoms with Crippen molar-refractivity contribution in [1.82, 2.24) is 5.32 Å². The highest BCUT2D eigenvalue weighted by Crippen LogP contribution is 2.49. The number of rotatable bonds is 3. The number of aryl methyl sites for hydroxylation is 1. The van der Waals surface area contributed by atoms with Gasteiger partial charge in [0.05, 0.1) is 11.1 Å². The van der Waals surface area contributed by atoms with Crippen molar-refractivity contribution < 1.29 is 9.18 Å². The molecule has 4 rings (SSSR count). The molecule has 2 aromatic rings. The summed E-state index contributed by atoms with van der Waals surface area (Å²) in [6, 6.07) is 11.6. The minimum absolute atomic E-state index is 0. The van der Waals surface area contributed by atoms with Gasteiger partial charge in [-0.1, -0.05) is 35.9 Å². The number of carbonyl (C=O) groups is 1. The number of hydrogen-bond acceptors (Lipinski definition) is 2. The second kappa shape index (κ2) is 6.77. The van der Waals surface area contributed by atoms with Crippen molar-refractivity contribution in [1.29, 1.82) is 0 Å². The smallest absolute Gasteiger partial charge is 0.235 e. The summed E-state index contributed by atoms with van der Waals surface area (Å²) in [7, 11) is 0. The molecule has 2 N–H and O–H groups in total. The van der Waals surface area contributed by atoms with Crippen molar-refractivity contribution in [3.8, 4) is 0 Å². The van der Waals surface area contributed by atoms with E-state index in [1.807, 2.05) is 31.2 Å². The van der Waals surface area contributed by atoms with Crippen molar-refractivity contribution in [2.45, 2.75) is 38.1 Å². The number of carbonyl (C=O) groups excluding carboxylic acids is 1. The molecule has 0 unspecified atom stereocenters. The number of amides is 1. The first-order valence-electron chi connectivity index (χ1n) is 8.50. The maximum atomic E-state index is 14.7. The Bertz CT molecular complexity index is 817. The minimum atomic E-state index is -0.490. The number of anilines is 1. The zero-order valence-corrected chi connectivity index (χ0v) is 15.0. The van der Waals surface area contributed by atoms with Gasteiger partial charge < -0.3 is 10.6 Å². The van der Waals surface area contributed by atoms with E-state index in [4.69, 9.17) is 0 Å². The number of benzene rings is 2. The Kier molecular flexibility index (Phi) is 4.85. The normalized spacial score (nSPS) is 17.2. The Morgan fingerprint density at radius 3 is 2.76 bits per heavy atom. The maximum Gasteiger partial charge on any atom is 0.235 e. The van der Waals surface area contributed by atoms with E-state index in [-0.39, 0.29) is 24.1 Å². The Hall–Kier alpha value is -1.91. The molecule has 0 atom stereocenters. The van der Waals surface area contributed by atoms with E-state index in [9.17, 15) is 9.18 Å². The molecule has 0 saturated heterocycles. The summed E-state index contributed by atoms with van der Waals surface area (Å²) in [5.41, 5.74) is 3.69. The van der Waals surface area contributed by atoms with Crippen LogP contribution in [0.15, 0.2) is 36.4 Å². The lowest BCUT2D eigenvalue weighted by molar-refractivity contribution is -0.118. The molecule has 3 nitrogen and oxygen atoms in total. The van der Waals surface area contributed by atoms with Crippen LogP contribution in [-0.2, 0) is 23.2 Å². The fourth-order valence-corrected chi connectivity index (χ4v) is 3.59. The first-order valence-corrected chi connectivity index (χ1v) is 8.50. The molecule has 5 heteroatoms. The van der Waals surface area contributed by atoms with Crippen LogP contribution in [0.4, 0.5) is 10.1 Å². The Labute approximate surface area is 153 Å². The molecule has 2 aliphatic rings. The standard InChI is InChI=1S/C20H21FN2O.ClH/c1-13-3-2-4-15(11-13)20(8-9-20)19(24)23-17-6-5-14-12-22-10-7-16(14)18(17)21;/h2-6,11,22H,7-10,12H2,1H3,(H,23,24);1H. The van der Waals surface area contributed by atoms with Gasteiger partial charge in [0.1, 0.15) is 5.82 Å². The van der Waals surface area contributed by atoms with Crippen molar-refractivity contribution in [3.05, 3.63) is 64.5 Å². The van der Waals surface area contributed by atoms with E-state index in [1.54, 1.807) is 6.07 Å². The summed E-state index contributed by atoms with van der Waals surface area (Å²) in [5, 5.41) is 6.08. The lowest BCUT2D eigenvalue weighted by atomic mass is 9.93. The second-order valence-corrected chi connectivity index (χ2v) is 6.90. The van der Waals surface area contributed by atoms with Gasteiger partial charge in [-0.25, -0.2) is 4.39 Å². The van der Waals surface area contributed by atoms with Crippen molar-refractivity contribution >= 4 is 24.0 Å². The molecule has 2 aromatic carbocycles. The average molecular weight is 361 g/mol. The fourth-order valence-electron chi connectivity index (χ4n) is 3.59. The summed E-state index contributed by atoms with van der Waals surface area (Å²) in [5.74, 6) is -0.372. The number of hydrogen-bond donors (Lipinski definition) is 2. The Morgan fingerprint density at radius 2 is 2.04 bits per heavy atom. The molecule has 0 radical (unpaired) electrons. The van der Waals surface area contributed by atoms with Gasteiger partial charge in [0.25, 0.3) is 0 Å². The molecule has 0 spiro atoms. The molecule has 1 aliphatic carbocycles. The lowest BCUT2D eigenvalue weighted by Gasteiger charge is -2.21. The van der Waals surface area contributed by atoms with Crippen molar-refractivity contribution in [2.24, 2.45) is 0 Å². The predicted octanol–water partition coefficient (Wildman–Crippen LogP) is 3.87. The van der Waals surface area contributed by atoms with E-state index in [0.29, 0.717) is 18.7 Å². The van der Waals surface area contributed by atoms with E-state index in [1.165, 1.54) is 0 Å². The fraction of sp³-hybridized carbons (Fsp3) is 0.350. The van der Waals surface area contributed by atoms with E-state index in [0.717, 1.165) is 41.6 Å². The van der Waals surface area contributed by atoms with Crippen LogP contribution >= 0.6 is 12.4 Å². The Balaban J connectivity index is 0.00000182. The highest BCUT2D eigenvalue weighted by Gasteiger charge is 2.51. The van der Waals surface area contributed by atoms with E-state index >= 15 is 0 Å². The van der Waals surface area contributed by atoms with Crippen LogP contribution in [0.2, 0.25) is 0 Å². The van der Waals surface area contributed by atoms with Crippen LogP contribution in [0.25, 0.3) is 0 Å². The molecular weight excluding hydrogens is 339 g/mol. The molecular formula is C20H22ClFN2O. The van der Waals surface area contributed by atoms with Gasteiger partial charge in [-0.15, -0.1) is 12.4 Å². The van der Waals surface area contributed by atoms with Gasteiger partial charge in [0.2, 0.25) is 5.91 Å². The van der Waals surface area contributed by atoms with Gasteiger partial charge in [-0.2, -0.15) is 0 Å². The first-order chi connectivity index (χ1) is 11.6. The van der Waals surface area contributed by atoms with Gasteiger partial charge in [-0.3, -0.25) is 4.79 Å². The van der Waals surface area contributed by atoms with E-state index in [2.05, 4.69) is 16.7 Å². The predicted molar refractivity (Wildman–Crippen MR) is 99.8 cm³/mol. The molecule has 1 heterocycles. The molecule has 1 fully saturated rings. The zero-order chi connectivity index (χ0) is 16.7. The molecule has 1 aliphatic heterocycles. The van der Waals surface area contributed by atoms with Gasteiger partial charge >= 0.3 is 0 Å². The number of nitrogens with one attached hydrogen (secondary N) is 2. The third kappa shape index (κ3) is 3.16. The molecule has 132 valence electrons. The summed E-state index contributed by atoms with van der Waals surface area (Å²) >= 11 is 0. The highest BCUT2D eigenvalue weighted by molar-refractivity contribution is 6.01. The van der Waals surface area contributed by atoms with Crippen LogP contribution in [0.1, 0.15) is 35.1 Å². The second-order valence-electron chi connectivity index (χ2n) is 6.90. The van der Waals surface area contributed by atoms with Crippen LogP contribution in [0.3, 0.4) is 0 Å². The molecule has 0 bridgehead atoms. The Morgan fingerprint density at radius 1 is 1.24 bits per heavy atom. The minimum Gasteiger partial charge on any atom is -0.323 e. The molecule has 25 heavy (non-hydrogen) atoms. The third-order valence-corrected chi connectivity index (χ3v) is 5.21. The highest BCUT2D eigenvalue weighted by atomic mass is 35.5. The summed E-state index contributed by atoms with van der Waals surface area (Å²) < 4.78 is 14.7. The van der Waals surface area contributed by atoms with E-state index < -0.39 is 5.41 Å². The monoisotopic (exact) mass is 360 g/mol. The molecule has 0 aromatic heterocycles. The van der Waals surface area contributed by atoms with Crippen LogP contribution < -0.4 is 10.6 Å². The SMILES string of the molecule is Cc1cccc(C2(C(=O)Nc3ccc4c(c3F)CCNC4)CC2)c1.Cl. The third-order valence-electron chi connectivity index (χ3n) is 5.21. The lowest BCUT2D eigenvalue weighted by Crippen LogP contribution is -2.29. The van der Waals surface area contributed by atoms with Crippen LogP contribution in [0, 0.1) is 12.7 Å². The maximum absolute atomic E-state index is 14.7. The van der Waals surface area contributed by atoms with Gasteiger partial charge in [0, 0.05) is 6.54 Å². The van der Waals surface area contributed by atoms with Crippen molar-refractivity contribution in [2.75, 3.05) is 11.9 Å². The van der Waals surface area contributed by atoms with Gasteiger partial charge in [-0.05, 0) is 55.5 Å². The molecule has 1 saturated carbocycles. The topological polar surface area (TPSA) is 41.1 Å². The summed E-state index contributed by atoms with van der Waals surface area (Å²) in [6.07, 6.45) is 2.30. The van der Waals surface area contributed by atoms with Crippen LogP contribution in [-0.4, -0.2) is 12.5 Å². The summed E-state index contributed by atoms with van der Waals surface area (Å²) in [4.78, 5) is 12.8. The number of fused-ring (bicyclic) bond motifs is 1. The largest absolute Gasteiger partial charge is 0.323 e. The number of halogens is 2. The van der Waals surface area contributed by atoms with Crippen LogP contribution in [0.5, 0.6) is 0 Å². The first kappa shape index (κ1) is 17.9. The quantitative estimate of drug-likeness (QED) is 0.872. The average Bonchev–Trinajstić information content (AvgIpc) is 3.40. The molecule has 1 amide bonds. The van der Waals surface area contributed by atoms with Crippen molar-refractivity contribution in [3.63, 3.8) is 0 Å². The van der Waals surface area contributed by atoms with Gasteiger partial charge in [0.15, 0.2) is 0 Å².